The van der Waals surface area contributed by atoms with Crippen molar-refractivity contribution in [1.29, 1.82) is 5.26 Å². The number of hydrogen-bond donors (Lipinski definition) is 2. The van der Waals surface area contributed by atoms with Gasteiger partial charge >= 0.3 is 0 Å². The fourth-order valence-corrected chi connectivity index (χ4v) is 2.22. The Morgan fingerprint density at radius 3 is 2.94 bits per heavy atom. The van der Waals surface area contributed by atoms with E-state index in [1.165, 1.54) is 0 Å². The summed E-state index contributed by atoms with van der Waals surface area (Å²) in [6.45, 7) is 7.33. The fourth-order valence-electron chi connectivity index (χ4n) is 2.22. The lowest BCUT2D eigenvalue weighted by molar-refractivity contribution is -0.126. The van der Waals surface area contributed by atoms with Crippen LogP contribution >= 0.6 is 0 Å². The summed E-state index contributed by atoms with van der Waals surface area (Å²) in [5.74, 6) is 0.0711. The van der Waals surface area contributed by atoms with Crippen LogP contribution in [0.4, 0.5) is 0 Å². The first-order valence-electron chi connectivity index (χ1n) is 6.58. The summed E-state index contributed by atoms with van der Waals surface area (Å²) in [6.07, 6.45) is 1.82. The Labute approximate surface area is 110 Å². The molecule has 1 fully saturated rings. The van der Waals surface area contributed by atoms with E-state index in [-0.39, 0.29) is 17.4 Å². The van der Waals surface area contributed by atoms with Crippen LogP contribution in [0.15, 0.2) is 0 Å². The first kappa shape index (κ1) is 14.9. The van der Waals surface area contributed by atoms with E-state index in [1.807, 2.05) is 13.8 Å². The molecule has 1 atom stereocenters. The van der Waals surface area contributed by atoms with E-state index < -0.39 is 0 Å². The summed E-state index contributed by atoms with van der Waals surface area (Å²) >= 11 is 0. The van der Waals surface area contributed by atoms with Crippen molar-refractivity contribution >= 4 is 5.91 Å². The molecule has 5 heteroatoms. The molecule has 0 aromatic carbocycles. The molecule has 1 saturated heterocycles. The fraction of sp³-hybridized carbons (Fsp3) is 0.846. The van der Waals surface area contributed by atoms with Crippen molar-refractivity contribution in [3.63, 3.8) is 0 Å². The second kappa shape index (κ2) is 6.72. The van der Waals surface area contributed by atoms with E-state index in [9.17, 15) is 4.79 Å². The molecule has 18 heavy (non-hydrogen) atoms. The number of amides is 1. The second-order valence-corrected chi connectivity index (χ2v) is 5.47. The average molecular weight is 252 g/mol. The zero-order valence-corrected chi connectivity index (χ0v) is 11.6. The van der Waals surface area contributed by atoms with Gasteiger partial charge in [-0.1, -0.05) is 0 Å². The number of likely N-dealkylation sites (N-methyl/N-ethyl adjacent to an activating group) is 1. The van der Waals surface area contributed by atoms with Crippen LogP contribution in [0.1, 0.15) is 26.7 Å². The first-order valence-corrected chi connectivity index (χ1v) is 6.58. The van der Waals surface area contributed by atoms with Crippen molar-refractivity contribution in [3.05, 3.63) is 0 Å². The van der Waals surface area contributed by atoms with E-state index in [4.69, 9.17) is 5.26 Å². The van der Waals surface area contributed by atoms with Crippen molar-refractivity contribution in [2.75, 3.05) is 33.2 Å². The highest BCUT2D eigenvalue weighted by atomic mass is 16.2. The summed E-state index contributed by atoms with van der Waals surface area (Å²) in [4.78, 5) is 14.0. The number of rotatable bonds is 5. The SMILES string of the molecule is CNC(=O)C1CNCCN1CCCC(C)(C)C#N. The highest BCUT2D eigenvalue weighted by molar-refractivity contribution is 5.81. The number of piperazine rings is 1. The highest BCUT2D eigenvalue weighted by Crippen LogP contribution is 2.21. The second-order valence-electron chi connectivity index (χ2n) is 5.47. The van der Waals surface area contributed by atoms with Gasteiger partial charge in [-0.3, -0.25) is 9.69 Å². The van der Waals surface area contributed by atoms with E-state index in [0.29, 0.717) is 6.54 Å². The van der Waals surface area contributed by atoms with Crippen LogP contribution in [0.5, 0.6) is 0 Å². The Balaban J connectivity index is 2.43. The molecular weight excluding hydrogens is 228 g/mol. The monoisotopic (exact) mass is 252 g/mol. The lowest BCUT2D eigenvalue weighted by Crippen LogP contribution is -2.57. The van der Waals surface area contributed by atoms with Gasteiger partial charge in [0, 0.05) is 26.7 Å². The minimum absolute atomic E-state index is 0.0711. The number of carbonyl (C=O) groups excluding carboxylic acids is 1. The molecule has 0 bridgehead atoms. The number of nitriles is 1. The van der Waals surface area contributed by atoms with Crippen LogP contribution in [-0.4, -0.2) is 50.1 Å². The highest BCUT2D eigenvalue weighted by Gasteiger charge is 2.27. The Bertz CT molecular complexity index is 321. The standard InChI is InChI=1S/C13H24N4O/c1-13(2,10-14)5-4-7-17-8-6-16-9-11(17)12(18)15-3/h11,16H,4-9H2,1-3H3,(H,15,18). The molecule has 1 aliphatic rings. The Hall–Kier alpha value is -1.12. The number of nitrogens with one attached hydrogen (secondary N) is 2. The van der Waals surface area contributed by atoms with Crippen LogP contribution in [0.25, 0.3) is 0 Å². The van der Waals surface area contributed by atoms with Gasteiger partial charge in [0.05, 0.1) is 11.5 Å². The molecule has 0 saturated carbocycles. The maximum absolute atomic E-state index is 11.7. The number of hydrogen-bond acceptors (Lipinski definition) is 4. The predicted molar refractivity (Wildman–Crippen MR) is 70.9 cm³/mol. The van der Waals surface area contributed by atoms with E-state index in [1.54, 1.807) is 7.05 Å². The third-order valence-electron chi connectivity index (χ3n) is 3.45. The lowest BCUT2D eigenvalue weighted by atomic mass is 9.89. The van der Waals surface area contributed by atoms with Crippen molar-refractivity contribution in [1.82, 2.24) is 15.5 Å². The summed E-state index contributed by atoms with van der Waals surface area (Å²) in [7, 11) is 1.67. The summed E-state index contributed by atoms with van der Waals surface area (Å²) in [6, 6.07) is 2.24. The summed E-state index contributed by atoms with van der Waals surface area (Å²) in [5, 5.41) is 14.9. The molecule has 2 N–H and O–H groups in total. The molecule has 1 amide bonds. The Morgan fingerprint density at radius 2 is 2.33 bits per heavy atom. The van der Waals surface area contributed by atoms with Crippen molar-refractivity contribution in [2.24, 2.45) is 5.41 Å². The van der Waals surface area contributed by atoms with E-state index >= 15 is 0 Å². The maximum atomic E-state index is 11.7. The zero-order valence-electron chi connectivity index (χ0n) is 11.6. The van der Waals surface area contributed by atoms with Crippen LogP contribution in [-0.2, 0) is 4.79 Å². The van der Waals surface area contributed by atoms with Crippen LogP contribution in [0.3, 0.4) is 0 Å². The van der Waals surface area contributed by atoms with E-state index in [2.05, 4.69) is 21.6 Å². The van der Waals surface area contributed by atoms with Gasteiger partial charge in [-0.25, -0.2) is 0 Å². The molecule has 0 radical (unpaired) electrons. The molecule has 0 spiro atoms. The molecule has 0 aromatic rings. The third kappa shape index (κ3) is 4.28. The molecule has 5 nitrogen and oxygen atoms in total. The van der Waals surface area contributed by atoms with Gasteiger partial charge in [-0.2, -0.15) is 5.26 Å². The molecule has 0 aliphatic carbocycles. The van der Waals surface area contributed by atoms with Gasteiger partial charge in [0.15, 0.2) is 0 Å². The van der Waals surface area contributed by atoms with Crippen LogP contribution in [0.2, 0.25) is 0 Å². The number of carbonyl (C=O) groups is 1. The number of nitrogens with zero attached hydrogens (tertiary/aromatic N) is 2. The van der Waals surface area contributed by atoms with Gasteiger partial charge in [-0.05, 0) is 33.2 Å². The topological polar surface area (TPSA) is 68.2 Å². The van der Waals surface area contributed by atoms with Gasteiger partial charge in [0.25, 0.3) is 0 Å². The Morgan fingerprint density at radius 1 is 1.61 bits per heavy atom. The molecule has 1 aliphatic heterocycles. The van der Waals surface area contributed by atoms with E-state index in [0.717, 1.165) is 32.5 Å². The summed E-state index contributed by atoms with van der Waals surface area (Å²) in [5.41, 5.74) is -0.267. The average Bonchev–Trinajstić information content (AvgIpc) is 2.38. The lowest BCUT2D eigenvalue weighted by Gasteiger charge is -2.35. The van der Waals surface area contributed by atoms with Crippen molar-refractivity contribution in [3.8, 4) is 6.07 Å². The molecule has 1 rings (SSSR count). The van der Waals surface area contributed by atoms with Crippen LogP contribution < -0.4 is 10.6 Å². The van der Waals surface area contributed by atoms with Crippen LogP contribution in [0, 0.1) is 16.7 Å². The largest absolute Gasteiger partial charge is 0.358 e. The quantitative estimate of drug-likeness (QED) is 0.740. The maximum Gasteiger partial charge on any atom is 0.238 e. The molecule has 1 unspecified atom stereocenters. The normalized spacial score (nSPS) is 21.3. The minimum atomic E-state index is -0.267. The minimum Gasteiger partial charge on any atom is -0.358 e. The van der Waals surface area contributed by atoms with Gasteiger partial charge in [-0.15, -0.1) is 0 Å². The van der Waals surface area contributed by atoms with Crippen molar-refractivity contribution in [2.45, 2.75) is 32.7 Å². The molecule has 102 valence electrons. The predicted octanol–water partition coefficient (Wildman–Crippen LogP) is 0.336. The molecular formula is C13H24N4O. The van der Waals surface area contributed by atoms with Crippen molar-refractivity contribution < 1.29 is 4.79 Å². The van der Waals surface area contributed by atoms with Gasteiger partial charge in [0.1, 0.15) is 6.04 Å². The summed E-state index contributed by atoms with van der Waals surface area (Å²) < 4.78 is 0. The van der Waals surface area contributed by atoms with Gasteiger partial charge in [0.2, 0.25) is 5.91 Å². The first-order chi connectivity index (χ1) is 8.50. The third-order valence-corrected chi connectivity index (χ3v) is 3.45. The smallest absolute Gasteiger partial charge is 0.238 e. The van der Waals surface area contributed by atoms with Gasteiger partial charge < -0.3 is 10.6 Å². The molecule has 1 heterocycles. The zero-order chi connectivity index (χ0) is 13.6. The Kier molecular flexibility index (Phi) is 5.57. The molecule has 0 aromatic heterocycles.